The number of aliphatic hydroxyl groups excluding tert-OH is 1. The minimum atomic E-state index is -0.336. The average Bonchev–Trinajstić information content (AvgIpc) is 2.42. The van der Waals surface area contributed by atoms with Crippen molar-refractivity contribution < 1.29 is 5.11 Å². The number of nitrogens with zero attached hydrogens (tertiary/aromatic N) is 1. The minimum absolute atomic E-state index is 0.146. The molecular formula is C16H26INO. The van der Waals surface area contributed by atoms with E-state index in [4.69, 9.17) is 0 Å². The molecule has 0 aliphatic heterocycles. The first kappa shape index (κ1) is 16.9. The Bertz CT molecular complexity index is 375. The molecular weight excluding hydrogens is 349 g/mol. The maximum atomic E-state index is 10.7. The SMILES string of the molecule is CCN(CC)C(C)(CC)C(O)Cc1ccc(I)cc1. The molecule has 0 aliphatic carbocycles. The number of rotatable bonds is 7. The molecule has 1 aromatic rings. The highest BCUT2D eigenvalue weighted by Gasteiger charge is 2.35. The van der Waals surface area contributed by atoms with Gasteiger partial charge >= 0.3 is 0 Å². The van der Waals surface area contributed by atoms with Gasteiger partial charge in [-0.2, -0.15) is 0 Å². The van der Waals surface area contributed by atoms with Crippen LogP contribution >= 0.6 is 22.6 Å². The summed E-state index contributed by atoms with van der Waals surface area (Å²) in [4.78, 5) is 2.37. The molecule has 0 radical (unpaired) electrons. The number of hydrogen-bond acceptors (Lipinski definition) is 2. The average molecular weight is 375 g/mol. The van der Waals surface area contributed by atoms with Crippen LogP contribution in [-0.4, -0.2) is 34.7 Å². The van der Waals surface area contributed by atoms with E-state index < -0.39 is 0 Å². The maximum absolute atomic E-state index is 10.7. The fraction of sp³-hybridized carbons (Fsp3) is 0.625. The van der Waals surface area contributed by atoms with Crippen LogP contribution < -0.4 is 0 Å². The first-order valence-corrected chi connectivity index (χ1v) is 8.23. The lowest BCUT2D eigenvalue weighted by Crippen LogP contribution is -2.54. The van der Waals surface area contributed by atoms with Gasteiger partial charge in [0.05, 0.1) is 6.10 Å². The summed E-state index contributed by atoms with van der Waals surface area (Å²) >= 11 is 2.31. The highest BCUT2D eigenvalue weighted by Crippen LogP contribution is 2.26. The summed E-state index contributed by atoms with van der Waals surface area (Å²) in [6.07, 6.45) is 1.34. The molecule has 0 heterocycles. The van der Waals surface area contributed by atoms with E-state index in [1.54, 1.807) is 0 Å². The van der Waals surface area contributed by atoms with Gasteiger partial charge in [-0.3, -0.25) is 4.90 Å². The van der Waals surface area contributed by atoms with Gasteiger partial charge in [0.1, 0.15) is 0 Å². The van der Waals surface area contributed by atoms with E-state index in [-0.39, 0.29) is 11.6 Å². The predicted molar refractivity (Wildman–Crippen MR) is 90.5 cm³/mol. The smallest absolute Gasteiger partial charge is 0.0761 e. The zero-order valence-corrected chi connectivity index (χ0v) is 14.6. The number of aliphatic hydroxyl groups is 1. The Hall–Kier alpha value is -0.130. The van der Waals surface area contributed by atoms with Crippen LogP contribution in [0.25, 0.3) is 0 Å². The second-order valence-corrected chi connectivity index (χ2v) is 6.48. The molecule has 1 aromatic carbocycles. The normalized spacial score (nSPS) is 16.4. The number of likely N-dealkylation sites (N-methyl/N-ethyl adjacent to an activating group) is 1. The van der Waals surface area contributed by atoms with Crippen LogP contribution in [0.2, 0.25) is 0 Å². The van der Waals surface area contributed by atoms with Gasteiger partial charge in [-0.25, -0.2) is 0 Å². The lowest BCUT2D eigenvalue weighted by Gasteiger charge is -2.43. The topological polar surface area (TPSA) is 23.5 Å². The van der Waals surface area contributed by atoms with E-state index in [0.717, 1.165) is 25.9 Å². The fourth-order valence-electron chi connectivity index (χ4n) is 2.68. The van der Waals surface area contributed by atoms with Gasteiger partial charge in [0.2, 0.25) is 0 Å². The van der Waals surface area contributed by atoms with E-state index in [1.807, 2.05) is 0 Å². The van der Waals surface area contributed by atoms with Gasteiger partial charge in [-0.1, -0.05) is 32.9 Å². The van der Waals surface area contributed by atoms with Gasteiger partial charge in [0.25, 0.3) is 0 Å². The highest BCUT2D eigenvalue weighted by atomic mass is 127. The van der Waals surface area contributed by atoms with Gasteiger partial charge in [-0.05, 0) is 66.7 Å². The summed E-state index contributed by atoms with van der Waals surface area (Å²) in [6.45, 7) is 10.6. The Labute approximate surface area is 131 Å². The van der Waals surface area contributed by atoms with Crippen LogP contribution in [0.4, 0.5) is 0 Å². The molecule has 19 heavy (non-hydrogen) atoms. The van der Waals surface area contributed by atoms with Crippen LogP contribution in [0, 0.1) is 3.57 Å². The van der Waals surface area contributed by atoms with Crippen molar-refractivity contribution in [3.05, 3.63) is 33.4 Å². The summed E-state index contributed by atoms with van der Waals surface area (Å²) < 4.78 is 1.23. The third kappa shape index (κ3) is 4.17. The Balaban J connectivity index is 2.83. The van der Waals surface area contributed by atoms with Crippen LogP contribution in [-0.2, 0) is 6.42 Å². The standard InChI is InChI=1S/C16H26INO/c1-5-16(4,18(6-2)7-3)15(19)12-13-8-10-14(17)11-9-13/h8-11,15,19H,5-7,12H2,1-4H3. The summed E-state index contributed by atoms with van der Waals surface area (Å²) in [7, 11) is 0. The van der Waals surface area contributed by atoms with Crippen LogP contribution in [0.3, 0.4) is 0 Å². The third-order valence-electron chi connectivity index (χ3n) is 4.26. The Morgan fingerprint density at radius 1 is 1.16 bits per heavy atom. The van der Waals surface area contributed by atoms with Crippen molar-refractivity contribution in [2.75, 3.05) is 13.1 Å². The Morgan fingerprint density at radius 3 is 2.11 bits per heavy atom. The van der Waals surface area contributed by atoms with Crippen molar-refractivity contribution in [3.8, 4) is 0 Å². The molecule has 0 spiro atoms. The summed E-state index contributed by atoms with van der Waals surface area (Å²) in [5.74, 6) is 0. The minimum Gasteiger partial charge on any atom is -0.391 e. The maximum Gasteiger partial charge on any atom is 0.0761 e. The Kier molecular flexibility index (Phi) is 6.77. The predicted octanol–water partition coefficient (Wildman–Crippen LogP) is 3.71. The van der Waals surface area contributed by atoms with Crippen molar-refractivity contribution in [1.29, 1.82) is 0 Å². The van der Waals surface area contributed by atoms with Gasteiger partial charge < -0.3 is 5.11 Å². The third-order valence-corrected chi connectivity index (χ3v) is 4.98. The highest BCUT2D eigenvalue weighted by molar-refractivity contribution is 14.1. The zero-order valence-electron chi connectivity index (χ0n) is 12.5. The first-order chi connectivity index (χ1) is 8.97. The lowest BCUT2D eigenvalue weighted by atomic mass is 9.85. The van der Waals surface area contributed by atoms with Crippen molar-refractivity contribution in [1.82, 2.24) is 4.90 Å². The quantitative estimate of drug-likeness (QED) is 0.735. The van der Waals surface area contributed by atoms with Crippen LogP contribution in [0.15, 0.2) is 24.3 Å². The molecule has 108 valence electrons. The molecule has 3 heteroatoms. The van der Waals surface area contributed by atoms with Gasteiger partial charge in [0.15, 0.2) is 0 Å². The second kappa shape index (κ2) is 7.60. The first-order valence-electron chi connectivity index (χ1n) is 7.15. The van der Waals surface area contributed by atoms with E-state index in [0.29, 0.717) is 0 Å². The van der Waals surface area contributed by atoms with Crippen molar-refractivity contribution >= 4 is 22.6 Å². The van der Waals surface area contributed by atoms with Gasteiger partial charge in [-0.15, -0.1) is 0 Å². The van der Waals surface area contributed by atoms with Gasteiger partial charge in [0, 0.05) is 15.5 Å². The molecule has 2 nitrogen and oxygen atoms in total. The lowest BCUT2D eigenvalue weighted by molar-refractivity contribution is -0.0190. The number of hydrogen-bond donors (Lipinski definition) is 1. The fourth-order valence-corrected chi connectivity index (χ4v) is 3.04. The molecule has 0 fully saturated rings. The summed E-state index contributed by atoms with van der Waals surface area (Å²) in [5.41, 5.74) is 1.06. The Morgan fingerprint density at radius 2 is 1.68 bits per heavy atom. The monoisotopic (exact) mass is 375 g/mol. The molecule has 0 bridgehead atoms. The number of benzene rings is 1. The zero-order chi connectivity index (χ0) is 14.5. The van der Waals surface area contributed by atoms with Crippen LogP contribution in [0.1, 0.15) is 39.7 Å². The van der Waals surface area contributed by atoms with Crippen molar-refractivity contribution in [2.24, 2.45) is 0 Å². The molecule has 0 aliphatic rings. The molecule has 0 saturated heterocycles. The largest absolute Gasteiger partial charge is 0.391 e. The molecule has 0 saturated carbocycles. The summed E-state index contributed by atoms with van der Waals surface area (Å²) in [6, 6.07) is 8.43. The molecule has 1 N–H and O–H groups in total. The molecule has 2 unspecified atom stereocenters. The van der Waals surface area contributed by atoms with E-state index >= 15 is 0 Å². The van der Waals surface area contributed by atoms with Crippen molar-refractivity contribution in [2.45, 2.75) is 52.2 Å². The molecule has 0 aromatic heterocycles. The van der Waals surface area contributed by atoms with E-state index in [2.05, 4.69) is 79.5 Å². The molecule has 0 amide bonds. The molecule has 2 atom stereocenters. The van der Waals surface area contributed by atoms with E-state index in [9.17, 15) is 5.11 Å². The number of halogens is 1. The summed E-state index contributed by atoms with van der Waals surface area (Å²) in [5, 5.41) is 10.7. The van der Waals surface area contributed by atoms with Crippen molar-refractivity contribution in [3.63, 3.8) is 0 Å². The second-order valence-electron chi connectivity index (χ2n) is 5.23. The molecule has 1 rings (SSSR count). The van der Waals surface area contributed by atoms with E-state index in [1.165, 1.54) is 9.13 Å². The van der Waals surface area contributed by atoms with Crippen LogP contribution in [0.5, 0.6) is 0 Å².